The zero-order chi connectivity index (χ0) is 21.3. The highest BCUT2D eigenvalue weighted by atomic mass is 16.5. The monoisotopic (exact) mass is 394 g/mol. The van der Waals surface area contributed by atoms with Crippen LogP contribution in [0.5, 0.6) is 0 Å². The topological polar surface area (TPSA) is 137 Å². The van der Waals surface area contributed by atoms with Gasteiger partial charge < -0.3 is 24.8 Å². The first kappa shape index (κ1) is 22.6. The lowest BCUT2D eigenvalue weighted by Crippen LogP contribution is -2.50. The van der Waals surface area contributed by atoms with Gasteiger partial charge in [0.25, 0.3) is 5.91 Å². The highest BCUT2D eigenvalue weighted by molar-refractivity contribution is 6.05. The molecular weight excluding hydrogens is 372 g/mol. The lowest BCUT2D eigenvalue weighted by atomic mass is 9.95. The second kappa shape index (κ2) is 10.7. The summed E-state index contributed by atoms with van der Waals surface area (Å²) < 4.78 is 13.8. The van der Waals surface area contributed by atoms with Gasteiger partial charge in [-0.05, 0) is 12.1 Å². The summed E-state index contributed by atoms with van der Waals surface area (Å²) in [6, 6.07) is 4.56. The van der Waals surface area contributed by atoms with E-state index in [1.54, 1.807) is 12.1 Å². The Kier molecular flexibility index (Phi) is 8.60. The quantitative estimate of drug-likeness (QED) is 0.473. The van der Waals surface area contributed by atoms with Crippen LogP contribution in [0.4, 0.5) is 5.69 Å². The number of hydrogen-bond acceptors (Lipinski definition) is 8. The predicted octanol–water partition coefficient (Wildman–Crippen LogP) is 0.269. The van der Waals surface area contributed by atoms with Crippen LogP contribution in [0, 0.1) is 5.92 Å². The summed E-state index contributed by atoms with van der Waals surface area (Å²) in [5, 5.41) is 4.86. The number of esters is 3. The molecule has 10 heteroatoms. The SMILES string of the molecule is COC(=O)C[C@H](C(=O)OC)[C@@H](NC(=O)c1ccccc1NC(C)=O)C(=O)OC. The third-order valence-electron chi connectivity index (χ3n) is 3.74. The summed E-state index contributed by atoms with van der Waals surface area (Å²) in [4.78, 5) is 60.0. The Balaban J connectivity index is 3.22. The fraction of sp³-hybridized carbons (Fsp3) is 0.389. The van der Waals surface area contributed by atoms with Gasteiger partial charge in [-0.1, -0.05) is 12.1 Å². The number of para-hydroxylation sites is 1. The van der Waals surface area contributed by atoms with Gasteiger partial charge in [0.05, 0.1) is 44.9 Å². The maximum absolute atomic E-state index is 12.7. The maximum atomic E-state index is 12.7. The molecule has 2 amide bonds. The van der Waals surface area contributed by atoms with E-state index in [0.717, 1.165) is 21.3 Å². The van der Waals surface area contributed by atoms with Crippen LogP contribution in [0.1, 0.15) is 23.7 Å². The number of carbonyl (C=O) groups is 5. The normalized spacial score (nSPS) is 12.1. The van der Waals surface area contributed by atoms with Crippen molar-refractivity contribution >= 4 is 35.4 Å². The van der Waals surface area contributed by atoms with Crippen molar-refractivity contribution in [1.29, 1.82) is 0 Å². The average Bonchev–Trinajstić information content (AvgIpc) is 2.68. The Hall–Kier alpha value is -3.43. The fourth-order valence-corrected chi connectivity index (χ4v) is 2.40. The first-order valence-electron chi connectivity index (χ1n) is 8.15. The van der Waals surface area contributed by atoms with Gasteiger partial charge in [-0.3, -0.25) is 19.2 Å². The van der Waals surface area contributed by atoms with Gasteiger partial charge in [0.1, 0.15) is 6.04 Å². The molecule has 0 spiro atoms. The van der Waals surface area contributed by atoms with E-state index in [4.69, 9.17) is 0 Å². The van der Waals surface area contributed by atoms with E-state index in [-0.39, 0.29) is 11.3 Å². The lowest BCUT2D eigenvalue weighted by molar-refractivity contribution is -0.158. The molecule has 1 rings (SSSR count). The van der Waals surface area contributed by atoms with E-state index in [2.05, 4.69) is 24.8 Å². The number of ether oxygens (including phenoxy) is 3. The van der Waals surface area contributed by atoms with E-state index >= 15 is 0 Å². The highest BCUT2D eigenvalue weighted by Gasteiger charge is 2.39. The molecule has 2 N–H and O–H groups in total. The van der Waals surface area contributed by atoms with Crippen molar-refractivity contribution < 1.29 is 38.2 Å². The van der Waals surface area contributed by atoms with Gasteiger partial charge in [0, 0.05) is 6.92 Å². The summed E-state index contributed by atoms with van der Waals surface area (Å²) >= 11 is 0. The van der Waals surface area contributed by atoms with Gasteiger partial charge in [-0.2, -0.15) is 0 Å². The van der Waals surface area contributed by atoms with Crippen molar-refractivity contribution in [2.24, 2.45) is 5.92 Å². The summed E-state index contributed by atoms with van der Waals surface area (Å²) in [5.41, 5.74) is 0.256. The third kappa shape index (κ3) is 6.08. The highest BCUT2D eigenvalue weighted by Crippen LogP contribution is 2.18. The van der Waals surface area contributed by atoms with Crippen molar-refractivity contribution in [3.05, 3.63) is 29.8 Å². The molecule has 2 atom stereocenters. The molecule has 28 heavy (non-hydrogen) atoms. The van der Waals surface area contributed by atoms with Gasteiger partial charge in [-0.15, -0.1) is 0 Å². The standard InChI is InChI=1S/C18H22N2O8/c1-10(21)19-13-8-6-5-7-11(13)16(23)20-15(18(25)28-4)12(17(24)27-3)9-14(22)26-2/h5-8,12,15H,9H2,1-4H3,(H,19,21)(H,20,23)/t12-,15+/m0/s1. The lowest BCUT2D eigenvalue weighted by Gasteiger charge is -2.24. The van der Waals surface area contributed by atoms with Crippen LogP contribution in [0.2, 0.25) is 0 Å². The second-order valence-electron chi connectivity index (χ2n) is 5.61. The number of nitrogens with one attached hydrogen (secondary N) is 2. The van der Waals surface area contributed by atoms with E-state index in [0.29, 0.717) is 0 Å². The van der Waals surface area contributed by atoms with Crippen molar-refractivity contribution in [3.63, 3.8) is 0 Å². The average molecular weight is 394 g/mol. The molecule has 0 radical (unpaired) electrons. The molecule has 0 aromatic heterocycles. The number of anilines is 1. The van der Waals surface area contributed by atoms with Crippen LogP contribution in [-0.4, -0.2) is 57.1 Å². The third-order valence-corrected chi connectivity index (χ3v) is 3.74. The molecule has 1 aromatic rings. The summed E-state index contributed by atoms with van der Waals surface area (Å²) in [7, 11) is 3.26. The Bertz CT molecular complexity index is 762. The molecule has 0 saturated heterocycles. The van der Waals surface area contributed by atoms with Gasteiger partial charge >= 0.3 is 17.9 Å². The zero-order valence-corrected chi connectivity index (χ0v) is 15.9. The minimum atomic E-state index is -1.52. The number of methoxy groups -OCH3 is 3. The Morgan fingerprint density at radius 3 is 2.07 bits per heavy atom. The molecule has 0 heterocycles. The minimum Gasteiger partial charge on any atom is -0.469 e. The molecule has 0 aliphatic carbocycles. The van der Waals surface area contributed by atoms with Crippen LogP contribution < -0.4 is 10.6 Å². The Morgan fingerprint density at radius 1 is 0.929 bits per heavy atom. The minimum absolute atomic E-state index is 0.0493. The second-order valence-corrected chi connectivity index (χ2v) is 5.61. The summed E-state index contributed by atoms with van der Waals surface area (Å²) in [5.74, 6) is -5.18. The number of hydrogen-bond donors (Lipinski definition) is 2. The molecule has 0 aliphatic heterocycles. The van der Waals surface area contributed by atoms with Crippen molar-refractivity contribution in [2.45, 2.75) is 19.4 Å². The molecule has 0 aliphatic rings. The first-order chi connectivity index (χ1) is 13.2. The molecule has 1 aromatic carbocycles. The number of carbonyl (C=O) groups excluding carboxylic acids is 5. The summed E-state index contributed by atoms with van der Waals surface area (Å²) in [6.07, 6.45) is -0.517. The van der Waals surface area contributed by atoms with Crippen LogP contribution in [0.3, 0.4) is 0 Å². The number of rotatable bonds is 8. The van der Waals surface area contributed by atoms with E-state index in [1.807, 2.05) is 0 Å². The molecular formula is C18H22N2O8. The van der Waals surface area contributed by atoms with Gasteiger partial charge in [0.2, 0.25) is 5.91 Å². The van der Waals surface area contributed by atoms with Crippen molar-refractivity contribution in [1.82, 2.24) is 5.32 Å². The van der Waals surface area contributed by atoms with Crippen molar-refractivity contribution in [2.75, 3.05) is 26.6 Å². The van der Waals surface area contributed by atoms with Crippen LogP contribution in [-0.2, 0) is 33.4 Å². The van der Waals surface area contributed by atoms with E-state index in [1.165, 1.54) is 19.1 Å². The maximum Gasteiger partial charge on any atom is 0.329 e. The molecule has 10 nitrogen and oxygen atoms in total. The first-order valence-corrected chi connectivity index (χ1v) is 8.15. The fourth-order valence-electron chi connectivity index (χ4n) is 2.40. The zero-order valence-electron chi connectivity index (χ0n) is 15.9. The number of benzene rings is 1. The predicted molar refractivity (Wildman–Crippen MR) is 96.2 cm³/mol. The van der Waals surface area contributed by atoms with E-state index in [9.17, 15) is 24.0 Å². The number of amides is 2. The van der Waals surface area contributed by atoms with Gasteiger partial charge in [-0.25, -0.2) is 4.79 Å². The molecule has 0 unspecified atom stereocenters. The molecule has 0 bridgehead atoms. The van der Waals surface area contributed by atoms with Crippen LogP contribution in [0.25, 0.3) is 0 Å². The Labute approximate surface area is 161 Å². The smallest absolute Gasteiger partial charge is 0.329 e. The molecule has 0 fully saturated rings. The molecule has 152 valence electrons. The van der Waals surface area contributed by atoms with Gasteiger partial charge in [0.15, 0.2) is 0 Å². The van der Waals surface area contributed by atoms with Crippen LogP contribution in [0.15, 0.2) is 24.3 Å². The van der Waals surface area contributed by atoms with Crippen molar-refractivity contribution in [3.8, 4) is 0 Å². The Morgan fingerprint density at radius 2 is 1.54 bits per heavy atom. The van der Waals surface area contributed by atoms with Crippen LogP contribution >= 0.6 is 0 Å². The van der Waals surface area contributed by atoms with E-state index < -0.39 is 48.1 Å². The largest absolute Gasteiger partial charge is 0.469 e. The molecule has 0 saturated carbocycles. The summed E-state index contributed by atoms with van der Waals surface area (Å²) in [6.45, 7) is 1.27.